The summed E-state index contributed by atoms with van der Waals surface area (Å²) in [4.78, 5) is 23.9. The molecule has 0 spiro atoms. The van der Waals surface area contributed by atoms with Crippen LogP contribution in [0.3, 0.4) is 0 Å². The van der Waals surface area contributed by atoms with Gasteiger partial charge >= 0.3 is 0 Å². The fraction of sp³-hybridized carbons (Fsp3) is 0.875. The Kier molecular flexibility index (Phi) is 4.40. The summed E-state index contributed by atoms with van der Waals surface area (Å²) in [5, 5.41) is 3.10. The third-order valence-corrected chi connectivity index (χ3v) is 4.97. The zero-order valence-electron chi connectivity index (χ0n) is 12.9. The van der Waals surface area contributed by atoms with Crippen molar-refractivity contribution in [1.82, 2.24) is 5.32 Å². The van der Waals surface area contributed by atoms with E-state index >= 15 is 0 Å². The Morgan fingerprint density at radius 3 is 2.50 bits per heavy atom. The molecule has 2 aliphatic rings. The average Bonchev–Trinajstić information content (AvgIpc) is 2.74. The summed E-state index contributed by atoms with van der Waals surface area (Å²) in [6, 6.07) is -0.0413. The van der Waals surface area contributed by atoms with E-state index in [9.17, 15) is 9.59 Å². The van der Waals surface area contributed by atoms with Crippen LogP contribution in [0.2, 0.25) is 0 Å². The molecule has 20 heavy (non-hydrogen) atoms. The third kappa shape index (κ3) is 3.53. The molecule has 0 aliphatic heterocycles. The molecule has 0 heterocycles. The molecule has 2 rings (SSSR count). The minimum atomic E-state index is -0.273. The Labute approximate surface area is 121 Å². The summed E-state index contributed by atoms with van der Waals surface area (Å²) in [6.45, 7) is 6.71. The molecule has 0 aromatic heterocycles. The van der Waals surface area contributed by atoms with Gasteiger partial charge in [-0.05, 0) is 43.4 Å². The van der Waals surface area contributed by atoms with Gasteiger partial charge in [0.15, 0.2) is 0 Å². The quantitative estimate of drug-likeness (QED) is 0.832. The molecule has 0 aromatic rings. The van der Waals surface area contributed by atoms with E-state index in [0.717, 1.165) is 32.1 Å². The summed E-state index contributed by atoms with van der Waals surface area (Å²) in [5.74, 6) is 0.355. The van der Waals surface area contributed by atoms with Gasteiger partial charge in [0.1, 0.15) is 0 Å². The van der Waals surface area contributed by atoms with E-state index in [1.807, 2.05) is 0 Å². The highest BCUT2D eigenvalue weighted by Gasteiger charge is 2.38. The molecule has 114 valence electrons. The smallest absolute Gasteiger partial charge is 0.223 e. The van der Waals surface area contributed by atoms with E-state index in [2.05, 4.69) is 26.1 Å². The Morgan fingerprint density at radius 1 is 1.20 bits per heavy atom. The van der Waals surface area contributed by atoms with Crippen molar-refractivity contribution in [3.8, 4) is 0 Å². The van der Waals surface area contributed by atoms with Crippen LogP contribution in [-0.4, -0.2) is 17.9 Å². The number of carbonyl (C=O) groups is 2. The molecule has 2 aliphatic carbocycles. The topological polar surface area (TPSA) is 72.2 Å². The number of rotatable bonds is 3. The number of nitrogens with one attached hydrogen (secondary N) is 1. The zero-order chi connectivity index (χ0) is 14.9. The molecule has 4 heteroatoms. The molecule has 0 aromatic carbocycles. The highest BCUT2D eigenvalue weighted by atomic mass is 16.2. The molecular formula is C16H28N2O2. The van der Waals surface area contributed by atoms with Gasteiger partial charge in [-0.2, -0.15) is 0 Å². The maximum absolute atomic E-state index is 12.5. The Bertz CT molecular complexity index is 392. The van der Waals surface area contributed by atoms with Crippen molar-refractivity contribution in [2.45, 2.75) is 65.3 Å². The van der Waals surface area contributed by atoms with Gasteiger partial charge in [0.05, 0.1) is 5.92 Å². The molecule has 2 saturated carbocycles. The first-order chi connectivity index (χ1) is 9.28. The van der Waals surface area contributed by atoms with Crippen LogP contribution in [0.15, 0.2) is 0 Å². The van der Waals surface area contributed by atoms with Crippen LogP contribution in [0.4, 0.5) is 0 Å². The number of hydrogen-bond acceptors (Lipinski definition) is 2. The summed E-state index contributed by atoms with van der Waals surface area (Å²) in [6.07, 6.45) is 5.76. The number of primary amides is 1. The lowest BCUT2D eigenvalue weighted by Gasteiger charge is -2.38. The molecule has 4 atom stereocenters. The van der Waals surface area contributed by atoms with E-state index in [0.29, 0.717) is 5.92 Å². The lowest BCUT2D eigenvalue weighted by atomic mass is 9.68. The van der Waals surface area contributed by atoms with Crippen LogP contribution < -0.4 is 11.1 Å². The van der Waals surface area contributed by atoms with Gasteiger partial charge in [-0.25, -0.2) is 0 Å². The monoisotopic (exact) mass is 280 g/mol. The number of hydrogen-bond donors (Lipinski definition) is 2. The van der Waals surface area contributed by atoms with E-state index in [-0.39, 0.29) is 35.1 Å². The summed E-state index contributed by atoms with van der Waals surface area (Å²) in [5.41, 5.74) is 5.65. The van der Waals surface area contributed by atoms with Gasteiger partial charge in [0.25, 0.3) is 0 Å². The maximum Gasteiger partial charge on any atom is 0.223 e. The van der Waals surface area contributed by atoms with Crippen molar-refractivity contribution in [1.29, 1.82) is 0 Å². The molecule has 2 amide bonds. The molecule has 4 nitrogen and oxygen atoms in total. The molecule has 0 saturated heterocycles. The van der Waals surface area contributed by atoms with Crippen molar-refractivity contribution < 1.29 is 9.59 Å². The number of nitrogens with two attached hydrogens (primary N) is 1. The van der Waals surface area contributed by atoms with Crippen LogP contribution in [0.5, 0.6) is 0 Å². The highest BCUT2D eigenvalue weighted by molar-refractivity contribution is 5.82. The van der Waals surface area contributed by atoms with Gasteiger partial charge in [-0.3, -0.25) is 9.59 Å². The van der Waals surface area contributed by atoms with E-state index in [4.69, 9.17) is 5.73 Å². The Balaban J connectivity index is 1.96. The molecule has 2 unspecified atom stereocenters. The van der Waals surface area contributed by atoms with Crippen LogP contribution in [0.1, 0.15) is 59.3 Å². The summed E-state index contributed by atoms with van der Waals surface area (Å²) < 4.78 is 0. The van der Waals surface area contributed by atoms with E-state index in [1.165, 1.54) is 6.42 Å². The van der Waals surface area contributed by atoms with Crippen LogP contribution in [0, 0.1) is 23.2 Å². The predicted molar refractivity (Wildman–Crippen MR) is 78.8 cm³/mol. The third-order valence-electron chi connectivity index (χ3n) is 4.97. The second-order valence-electron chi connectivity index (χ2n) is 7.67. The zero-order valence-corrected chi connectivity index (χ0v) is 12.9. The molecule has 2 fully saturated rings. The minimum absolute atomic E-state index is 0.0413. The maximum atomic E-state index is 12.5. The first kappa shape index (κ1) is 15.3. The first-order valence-corrected chi connectivity index (χ1v) is 7.88. The van der Waals surface area contributed by atoms with Gasteiger partial charge in [-0.15, -0.1) is 0 Å². The SMILES string of the molecule is CC1CC(C(=O)N[C@@H]2CCC[C@@H]2C(N)=O)CC(C)(C)C1. The number of carbonyl (C=O) groups excluding carboxylic acids is 2. The van der Waals surface area contributed by atoms with E-state index in [1.54, 1.807) is 0 Å². The van der Waals surface area contributed by atoms with Gasteiger partial charge in [0, 0.05) is 12.0 Å². The van der Waals surface area contributed by atoms with Gasteiger partial charge < -0.3 is 11.1 Å². The van der Waals surface area contributed by atoms with Crippen molar-refractivity contribution in [3.05, 3.63) is 0 Å². The van der Waals surface area contributed by atoms with Crippen molar-refractivity contribution >= 4 is 11.8 Å². The number of amides is 2. The van der Waals surface area contributed by atoms with E-state index < -0.39 is 0 Å². The summed E-state index contributed by atoms with van der Waals surface area (Å²) >= 11 is 0. The standard InChI is InChI=1S/C16H28N2O2/c1-10-7-11(9-16(2,3)8-10)15(20)18-13-6-4-5-12(13)14(17)19/h10-13H,4-9H2,1-3H3,(H2,17,19)(H,18,20)/t10?,11?,12-,13+/m0/s1. The highest BCUT2D eigenvalue weighted by Crippen LogP contribution is 2.41. The van der Waals surface area contributed by atoms with Crippen LogP contribution in [-0.2, 0) is 9.59 Å². The lowest BCUT2D eigenvalue weighted by Crippen LogP contribution is -2.46. The Morgan fingerprint density at radius 2 is 1.90 bits per heavy atom. The largest absolute Gasteiger partial charge is 0.369 e. The molecule has 3 N–H and O–H groups in total. The predicted octanol–water partition coefficient (Wildman–Crippen LogP) is 2.22. The average molecular weight is 280 g/mol. The second kappa shape index (κ2) is 5.74. The molecule has 0 bridgehead atoms. The van der Waals surface area contributed by atoms with Gasteiger partial charge in [-0.1, -0.05) is 27.2 Å². The first-order valence-electron chi connectivity index (χ1n) is 7.88. The van der Waals surface area contributed by atoms with Crippen molar-refractivity contribution in [2.75, 3.05) is 0 Å². The fourth-order valence-corrected chi connectivity index (χ4v) is 4.32. The molecular weight excluding hydrogens is 252 g/mol. The van der Waals surface area contributed by atoms with Crippen molar-refractivity contribution in [2.24, 2.45) is 28.9 Å². The van der Waals surface area contributed by atoms with Crippen LogP contribution in [0.25, 0.3) is 0 Å². The minimum Gasteiger partial charge on any atom is -0.369 e. The normalized spacial score (nSPS) is 36.5. The van der Waals surface area contributed by atoms with Gasteiger partial charge in [0.2, 0.25) is 11.8 Å². The summed E-state index contributed by atoms with van der Waals surface area (Å²) in [7, 11) is 0. The second-order valence-corrected chi connectivity index (χ2v) is 7.67. The van der Waals surface area contributed by atoms with Crippen LogP contribution >= 0.6 is 0 Å². The van der Waals surface area contributed by atoms with Crippen molar-refractivity contribution in [3.63, 3.8) is 0 Å². The molecule has 0 radical (unpaired) electrons. The lowest BCUT2D eigenvalue weighted by molar-refractivity contribution is -0.129. The Hall–Kier alpha value is -1.06. The fourth-order valence-electron chi connectivity index (χ4n) is 4.32.